The van der Waals surface area contributed by atoms with E-state index in [2.05, 4.69) is 36.3 Å². The number of fused-ring (bicyclic) bond motifs is 1. The van der Waals surface area contributed by atoms with Crippen LogP contribution in [0, 0.1) is 13.8 Å². The quantitative estimate of drug-likeness (QED) is 0.809. The van der Waals surface area contributed by atoms with Gasteiger partial charge in [-0.3, -0.25) is 4.79 Å². The Morgan fingerprint density at radius 2 is 2.19 bits per heavy atom. The van der Waals surface area contributed by atoms with Crippen LogP contribution in [-0.4, -0.2) is 24.0 Å². The van der Waals surface area contributed by atoms with Gasteiger partial charge in [0, 0.05) is 23.1 Å². The number of aromatic amines is 1. The number of carbonyl (C=O) groups is 1. The van der Waals surface area contributed by atoms with Crippen molar-refractivity contribution < 1.29 is 4.79 Å². The summed E-state index contributed by atoms with van der Waals surface area (Å²) >= 11 is 0. The molecule has 4 heteroatoms. The molecule has 0 radical (unpaired) electrons. The first kappa shape index (κ1) is 14.1. The molecule has 0 bridgehead atoms. The van der Waals surface area contributed by atoms with Gasteiger partial charge >= 0.3 is 0 Å². The Hall–Kier alpha value is -1.81. The Bertz CT molecular complexity index is 681. The molecule has 1 atom stereocenters. The maximum atomic E-state index is 11.3. The minimum atomic E-state index is -0.284. The zero-order valence-electron chi connectivity index (χ0n) is 12.8. The van der Waals surface area contributed by atoms with Crippen molar-refractivity contribution in [2.24, 2.45) is 5.73 Å². The van der Waals surface area contributed by atoms with Gasteiger partial charge in [0.2, 0.25) is 5.91 Å². The molecule has 2 aromatic rings. The van der Waals surface area contributed by atoms with Crippen LogP contribution < -0.4 is 11.1 Å². The zero-order valence-corrected chi connectivity index (χ0v) is 12.8. The van der Waals surface area contributed by atoms with E-state index in [4.69, 9.17) is 5.73 Å². The van der Waals surface area contributed by atoms with Crippen LogP contribution >= 0.6 is 0 Å². The highest BCUT2D eigenvalue weighted by molar-refractivity contribution is 5.93. The molecule has 1 aliphatic heterocycles. The molecule has 4 nitrogen and oxygen atoms in total. The first-order chi connectivity index (χ1) is 10.1. The van der Waals surface area contributed by atoms with Crippen LogP contribution in [0.4, 0.5) is 0 Å². The summed E-state index contributed by atoms with van der Waals surface area (Å²) in [6.07, 6.45) is 2.73. The zero-order chi connectivity index (χ0) is 15.0. The van der Waals surface area contributed by atoms with E-state index in [9.17, 15) is 4.79 Å². The number of aryl methyl sites for hydroxylation is 2. The molecule has 0 aliphatic carbocycles. The average molecular weight is 285 g/mol. The number of aromatic nitrogens is 1. The summed E-state index contributed by atoms with van der Waals surface area (Å²) in [5, 5.41) is 4.78. The fourth-order valence-corrected chi connectivity index (χ4v) is 3.47. The van der Waals surface area contributed by atoms with Crippen molar-refractivity contribution in [2.45, 2.75) is 39.0 Å². The summed E-state index contributed by atoms with van der Waals surface area (Å²) in [6, 6.07) is 4.25. The molecule has 21 heavy (non-hydrogen) atoms. The lowest BCUT2D eigenvalue weighted by molar-refractivity contribution is -0.117. The Morgan fingerprint density at radius 1 is 1.38 bits per heavy atom. The maximum Gasteiger partial charge on any atom is 0.221 e. The number of piperidine rings is 1. The molecule has 1 aromatic carbocycles. The lowest BCUT2D eigenvalue weighted by Gasteiger charge is -2.24. The molecule has 3 rings (SSSR count). The van der Waals surface area contributed by atoms with Crippen LogP contribution in [0.2, 0.25) is 0 Å². The van der Waals surface area contributed by atoms with Crippen LogP contribution in [0.5, 0.6) is 0 Å². The van der Waals surface area contributed by atoms with Crippen LogP contribution in [-0.2, 0) is 11.2 Å². The number of benzene rings is 1. The lowest BCUT2D eigenvalue weighted by atomic mass is 9.87. The predicted molar refractivity (Wildman–Crippen MR) is 85.5 cm³/mol. The van der Waals surface area contributed by atoms with Crippen molar-refractivity contribution in [2.75, 3.05) is 13.1 Å². The first-order valence-electron chi connectivity index (χ1n) is 7.67. The topological polar surface area (TPSA) is 70.9 Å². The largest absolute Gasteiger partial charge is 0.369 e. The van der Waals surface area contributed by atoms with Crippen molar-refractivity contribution in [3.8, 4) is 0 Å². The number of amides is 1. The summed E-state index contributed by atoms with van der Waals surface area (Å²) < 4.78 is 0. The Morgan fingerprint density at radius 3 is 2.86 bits per heavy atom. The summed E-state index contributed by atoms with van der Waals surface area (Å²) in [5.41, 5.74) is 11.3. The minimum absolute atomic E-state index is 0.284. The van der Waals surface area contributed by atoms with E-state index in [-0.39, 0.29) is 5.91 Å². The third kappa shape index (κ3) is 2.56. The van der Waals surface area contributed by atoms with Gasteiger partial charge in [0.05, 0.1) is 6.42 Å². The van der Waals surface area contributed by atoms with Gasteiger partial charge in [-0.15, -0.1) is 0 Å². The summed E-state index contributed by atoms with van der Waals surface area (Å²) in [6.45, 7) is 6.40. The number of nitrogens with one attached hydrogen (secondary N) is 2. The number of primary amides is 1. The van der Waals surface area contributed by atoms with Crippen molar-refractivity contribution in [3.05, 3.63) is 34.5 Å². The Balaban J connectivity index is 2.15. The van der Waals surface area contributed by atoms with E-state index in [0.29, 0.717) is 12.3 Å². The number of H-pyrrole nitrogens is 1. The summed E-state index contributed by atoms with van der Waals surface area (Å²) in [5.74, 6) is 0.270. The molecule has 1 aromatic heterocycles. The number of hydrogen-bond donors (Lipinski definition) is 3. The van der Waals surface area contributed by atoms with E-state index in [0.717, 1.165) is 24.2 Å². The van der Waals surface area contributed by atoms with E-state index >= 15 is 0 Å². The molecule has 1 fully saturated rings. The predicted octanol–water partition coefficient (Wildman–Crippen LogP) is 2.28. The Kier molecular flexibility index (Phi) is 3.72. The molecule has 1 saturated heterocycles. The monoisotopic (exact) mass is 285 g/mol. The molecule has 0 saturated carbocycles. The summed E-state index contributed by atoms with van der Waals surface area (Å²) in [7, 11) is 0. The summed E-state index contributed by atoms with van der Waals surface area (Å²) in [4.78, 5) is 14.7. The van der Waals surface area contributed by atoms with Gasteiger partial charge in [-0.2, -0.15) is 0 Å². The van der Waals surface area contributed by atoms with E-state index in [1.165, 1.54) is 35.0 Å². The smallest absolute Gasteiger partial charge is 0.221 e. The number of nitrogens with two attached hydrogens (primary N) is 1. The number of rotatable bonds is 3. The normalized spacial score (nSPS) is 19.0. The molecule has 112 valence electrons. The van der Waals surface area contributed by atoms with Crippen molar-refractivity contribution in [3.63, 3.8) is 0 Å². The molecule has 4 N–H and O–H groups in total. The fourth-order valence-electron chi connectivity index (χ4n) is 3.47. The van der Waals surface area contributed by atoms with Gasteiger partial charge in [0.15, 0.2) is 0 Å². The van der Waals surface area contributed by atoms with Gasteiger partial charge in [0.25, 0.3) is 0 Å². The van der Waals surface area contributed by atoms with Crippen LogP contribution in [0.3, 0.4) is 0 Å². The van der Waals surface area contributed by atoms with Crippen molar-refractivity contribution in [1.82, 2.24) is 10.3 Å². The SMILES string of the molecule is Cc1[nH]c2c(CC(N)=O)ccc(C3CCCNC3)c2c1C. The second-order valence-corrected chi connectivity index (χ2v) is 6.13. The third-order valence-corrected chi connectivity index (χ3v) is 4.68. The van der Waals surface area contributed by atoms with Crippen LogP contribution in [0.1, 0.15) is 41.1 Å². The van der Waals surface area contributed by atoms with E-state index in [1.807, 2.05) is 0 Å². The molecule has 1 aliphatic rings. The number of carbonyl (C=O) groups excluding carboxylic acids is 1. The van der Waals surface area contributed by atoms with Gasteiger partial charge in [-0.1, -0.05) is 12.1 Å². The van der Waals surface area contributed by atoms with E-state index in [1.54, 1.807) is 0 Å². The van der Waals surface area contributed by atoms with Gasteiger partial charge in [-0.05, 0) is 55.8 Å². The highest BCUT2D eigenvalue weighted by Gasteiger charge is 2.21. The highest BCUT2D eigenvalue weighted by Crippen LogP contribution is 2.35. The fraction of sp³-hybridized carbons (Fsp3) is 0.471. The van der Waals surface area contributed by atoms with E-state index < -0.39 is 0 Å². The van der Waals surface area contributed by atoms with Gasteiger partial charge < -0.3 is 16.0 Å². The lowest BCUT2D eigenvalue weighted by Crippen LogP contribution is -2.28. The molecular weight excluding hydrogens is 262 g/mol. The molecule has 2 heterocycles. The van der Waals surface area contributed by atoms with Crippen molar-refractivity contribution in [1.29, 1.82) is 0 Å². The molecular formula is C17H23N3O. The minimum Gasteiger partial charge on any atom is -0.369 e. The van der Waals surface area contributed by atoms with Crippen LogP contribution in [0.25, 0.3) is 10.9 Å². The van der Waals surface area contributed by atoms with Gasteiger partial charge in [0.1, 0.15) is 0 Å². The first-order valence-corrected chi connectivity index (χ1v) is 7.67. The molecule has 1 amide bonds. The second kappa shape index (κ2) is 5.53. The standard InChI is InChI=1S/C17H23N3O/c1-10-11(2)20-17-12(8-15(18)21)5-6-14(16(10)17)13-4-3-7-19-9-13/h5-6,13,19-20H,3-4,7-9H2,1-2H3,(H2,18,21). The second-order valence-electron chi connectivity index (χ2n) is 6.13. The molecule has 1 unspecified atom stereocenters. The van der Waals surface area contributed by atoms with Crippen molar-refractivity contribution >= 4 is 16.8 Å². The average Bonchev–Trinajstić information content (AvgIpc) is 2.77. The highest BCUT2D eigenvalue weighted by atomic mass is 16.1. The van der Waals surface area contributed by atoms with Crippen LogP contribution in [0.15, 0.2) is 12.1 Å². The third-order valence-electron chi connectivity index (χ3n) is 4.68. The molecule has 0 spiro atoms. The maximum absolute atomic E-state index is 11.3. The number of hydrogen-bond acceptors (Lipinski definition) is 2. The Labute approximate surface area is 125 Å². The van der Waals surface area contributed by atoms with Gasteiger partial charge in [-0.25, -0.2) is 0 Å².